The molecule has 0 saturated heterocycles. The van der Waals surface area contributed by atoms with Crippen molar-refractivity contribution in [3.8, 4) is 33.9 Å². The fourth-order valence-electron chi connectivity index (χ4n) is 4.33. The number of pyridine rings is 3. The molecule has 0 fully saturated rings. The molecule has 3 aromatic heterocycles. The third-order valence-electron chi connectivity index (χ3n) is 6.40. The van der Waals surface area contributed by atoms with Gasteiger partial charge in [-0.2, -0.15) is 4.73 Å². The predicted molar refractivity (Wildman–Crippen MR) is 140 cm³/mol. The average molecular weight is 458 g/mol. The minimum Gasteiger partial charge on any atom is -0.618 e. The zero-order valence-corrected chi connectivity index (χ0v) is 19.7. The highest BCUT2D eigenvalue weighted by Gasteiger charge is 2.20. The van der Waals surface area contributed by atoms with Gasteiger partial charge >= 0.3 is 0 Å². The molecule has 0 bridgehead atoms. The molecule has 0 saturated carbocycles. The number of aryl methyl sites for hydroxylation is 1. The summed E-state index contributed by atoms with van der Waals surface area (Å²) in [5, 5.41) is 13.3. The molecule has 5 rings (SSSR count). The number of hydrogen-bond acceptors (Lipinski definition) is 3. The maximum atomic E-state index is 13.3. The smallest absolute Gasteiger partial charge is 0.243 e. The van der Waals surface area contributed by atoms with Crippen molar-refractivity contribution in [1.29, 1.82) is 0 Å². The van der Waals surface area contributed by atoms with Crippen molar-refractivity contribution < 1.29 is 4.73 Å². The average Bonchev–Trinajstić information content (AvgIpc) is 2.93. The molecule has 4 heteroatoms. The summed E-state index contributed by atoms with van der Waals surface area (Å²) in [5.74, 6) is 0.513. The van der Waals surface area contributed by atoms with E-state index in [1.807, 2.05) is 48.5 Å². The molecule has 5 aromatic rings. The van der Waals surface area contributed by atoms with Gasteiger partial charge in [0.15, 0.2) is 0 Å². The molecule has 0 aliphatic heterocycles. The number of hydrogen-bond donors (Lipinski definition) is 0. The summed E-state index contributed by atoms with van der Waals surface area (Å²) < 4.78 is 0.924. The Morgan fingerprint density at radius 1 is 0.686 bits per heavy atom. The van der Waals surface area contributed by atoms with Crippen LogP contribution in [0.15, 0.2) is 116 Å². The van der Waals surface area contributed by atoms with Gasteiger partial charge in [0, 0.05) is 24.5 Å². The normalized spacial score (nSPS) is 11.8. The van der Waals surface area contributed by atoms with Crippen molar-refractivity contribution in [3.63, 3.8) is 0 Å². The molecular weight excluding hydrogens is 430 g/mol. The molecule has 1 atom stereocenters. The summed E-state index contributed by atoms with van der Waals surface area (Å²) >= 11 is 0. The maximum Gasteiger partial charge on any atom is 0.243 e. The van der Waals surface area contributed by atoms with Crippen LogP contribution < -0.4 is 4.73 Å². The number of aromatic nitrogens is 3. The standard InChI is InChI=1S/C31H27N3O/c1-23(25-9-3-2-4-10-25)13-14-24-15-17-26(18-16-24)27-21-30(28-11-5-7-19-32-28)34(35)31(22-27)29-12-6-8-20-33-29/h2-12,15-23H,13-14H2,1H3. The maximum absolute atomic E-state index is 13.3. The van der Waals surface area contributed by atoms with E-state index in [0.717, 1.165) is 28.7 Å². The molecule has 0 N–H and O–H groups in total. The minimum absolute atomic E-state index is 0.504. The Labute approximate surface area is 206 Å². The fourth-order valence-corrected chi connectivity index (χ4v) is 4.33. The van der Waals surface area contributed by atoms with Crippen LogP contribution in [-0.2, 0) is 6.42 Å². The van der Waals surface area contributed by atoms with E-state index in [4.69, 9.17) is 0 Å². The van der Waals surface area contributed by atoms with Crippen molar-refractivity contribution >= 4 is 0 Å². The van der Waals surface area contributed by atoms with Crippen molar-refractivity contribution in [2.75, 3.05) is 0 Å². The van der Waals surface area contributed by atoms with E-state index in [1.165, 1.54) is 11.1 Å². The number of nitrogens with zero attached hydrogens (tertiary/aromatic N) is 3. The zero-order valence-electron chi connectivity index (χ0n) is 19.7. The van der Waals surface area contributed by atoms with E-state index in [1.54, 1.807) is 12.4 Å². The van der Waals surface area contributed by atoms with Crippen molar-refractivity contribution in [2.45, 2.75) is 25.7 Å². The summed E-state index contributed by atoms with van der Waals surface area (Å²) in [6.45, 7) is 2.28. The first-order valence-electron chi connectivity index (χ1n) is 11.9. The molecule has 3 heterocycles. The van der Waals surface area contributed by atoms with Gasteiger partial charge < -0.3 is 5.21 Å². The topological polar surface area (TPSA) is 52.7 Å². The molecule has 0 spiro atoms. The lowest BCUT2D eigenvalue weighted by Crippen LogP contribution is -2.32. The van der Waals surface area contributed by atoms with Gasteiger partial charge in [-0.1, -0.05) is 73.7 Å². The van der Waals surface area contributed by atoms with Gasteiger partial charge in [-0.15, -0.1) is 0 Å². The molecule has 0 radical (unpaired) electrons. The van der Waals surface area contributed by atoms with Gasteiger partial charge in [0.25, 0.3) is 0 Å². The Hall–Kier alpha value is -4.31. The molecule has 0 aliphatic carbocycles. The molecule has 1 unspecified atom stereocenters. The van der Waals surface area contributed by atoms with Crippen LogP contribution in [-0.4, -0.2) is 9.97 Å². The van der Waals surface area contributed by atoms with Crippen molar-refractivity contribution in [2.24, 2.45) is 0 Å². The molecule has 35 heavy (non-hydrogen) atoms. The van der Waals surface area contributed by atoms with E-state index in [0.29, 0.717) is 28.7 Å². The molecular formula is C31H27N3O. The second-order valence-corrected chi connectivity index (χ2v) is 8.79. The quantitative estimate of drug-likeness (QED) is 0.198. The summed E-state index contributed by atoms with van der Waals surface area (Å²) in [5.41, 5.74) is 6.97. The minimum atomic E-state index is 0.504. The SMILES string of the molecule is CC(CCc1ccc(-c2cc(-c3ccccn3)[n+]([O-])c(-c3ccccn3)c2)cc1)c1ccccc1. The monoisotopic (exact) mass is 457 g/mol. The van der Waals surface area contributed by atoms with Crippen LogP contribution in [0.2, 0.25) is 0 Å². The highest BCUT2D eigenvalue weighted by molar-refractivity contribution is 5.72. The van der Waals surface area contributed by atoms with Crippen LogP contribution in [0.5, 0.6) is 0 Å². The number of benzene rings is 2. The van der Waals surface area contributed by atoms with E-state index >= 15 is 0 Å². The van der Waals surface area contributed by atoms with Crippen LogP contribution in [0.3, 0.4) is 0 Å². The molecule has 172 valence electrons. The van der Waals surface area contributed by atoms with Crippen molar-refractivity contribution in [3.05, 3.63) is 132 Å². The highest BCUT2D eigenvalue weighted by Crippen LogP contribution is 2.28. The van der Waals surface area contributed by atoms with Gasteiger partial charge in [0.05, 0.1) is 0 Å². The second-order valence-electron chi connectivity index (χ2n) is 8.79. The van der Waals surface area contributed by atoms with E-state index in [2.05, 4.69) is 71.5 Å². The van der Waals surface area contributed by atoms with Gasteiger partial charge in [0.1, 0.15) is 11.4 Å². The summed E-state index contributed by atoms with van der Waals surface area (Å²) in [6.07, 6.45) is 5.52. The van der Waals surface area contributed by atoms with Gasteiger partial charge in [-0.3, -0.25) is 0 Å². The van der Waals surface area contributed by atoms with Crippen LogP contribution in [0.25, 0.3) is 33.9 Å². The van der Waals surface area contributed by atoms with Crippen LogP contribution in [0.4, 0.5) is 0 Å². The summed E-state index contributed by atoms with van der Waals surface area (Å²) in [7, 11) is 0. The third-order valence-corrected chi connectivity index (χ3v) is 6.40. The summed E-state index contributed by atoms with van der Waals surface area (Å²) in [6, 6.07) is 34.3. The van der Waals surface area contributed by atoms with Crippen LogP contribution >= 0.6 is 0 Å². The lowest BCUT2D eigenvalue weighted by Gasteiger charge is -2.13. The largest absolute Gasteiger partial charge is 0.618 e. The first-order chi connectivity index (χ1) is 17.2. The van der Waals surface area contributed by atoms with E-state index in [9.17, 15) is 5.21 Å². The second kappa shape index (κ2) is 10.3. The lowest BCUT2D eigenvalue weighted by molar-refractivity contribution is -0.582. The Balaban J connectivity index is 1.45. The Morgan fingerprint density at radius 2 is 1.26 bits per heavy atom. The zero-order chi connectivity index (χ0) is 24.0. The first kappa shape index (κ1) is 22.5. The van der Waals surface area contributed by atoms with Crippen molar-refractivity contribution in [1.82, 2.24) is 9.97 Å². The summed E-state index contributed by atoms with van der Waals surface area (Å²) in [4.78, 5) is 8.84. The molecule has 4 nitrogen and oxygen atoms in total. The first-order valence-corrected chi connectivity index (χ1v) is 11.9. The van der Waals surface area contributed by atoms with Gasteiger partial charge in [-0.25, -0.2) is 9.97 Å². The Kier molecular flexibility index (Phi) is 6.62. The molecule has 0 amide bonds. The van der Waals surface area contributed by atoms with E-state index < -0.39 is 0 Å². The Morgan fingerprint density at radius 3 is 1.80 bits per heavy atom. The third kappa shape index (κ3) is 5.12. The molecule has 2 aromatic carbocycles. The van der Waals surface area contributed by atoms with Crippen LogP contribution in [0.1, 0.15) is 30.4 Å². The van der Waals surface area contributed by atoms with Gasteiger partial charge in [0.2, 0.25) is 11.4 Å². The van der Waals surface area contributed by atoms with Gasteiger partial charge in [-0.05, 0) is 65.3 Å². The molecule has 0 aliphatic rings. The lowest BCUT2D eigenvalue weighted by atomic mass is 9.93. The van der Waals surface area contributed by atoms with E-state index in [-0.39, 0.29) is 0 Å². The van der Waals surface area contributed by atoms with Crippen LogP contribution in [0, 0.1) is 5.21 Å². The fraction of sp³-hybridized carbons (Fsp3) is 0.129. The highest BCUT2D eigenvalue weighted by atomic mass is 16.5. The number of rotatable bonds is 7. The predicted octanol–water partition coefficient (Wildman–Crippen LogP) is 6.85. The Bertz CT molecular complexity index is 1330.